The fourth-order valence-electron chi connectivity index (χ4n) is 2.42. The summed E-state index contributed by atoms with van der Waals surface area (Å²) >= 11 is 1.27. The third-order valence-corrected chi connectivity index (χ3v) is 4.27. The molecule has 0 fully saturated rings. The fourth-order valence-corrected chi connectivity index (χ4v) is 3.02. The predicted molar refractivity (Wildman–Crippen MR) is 90.2 cm³/mol. The first kappa shape index (κ1) is 13.9. The molecular weight excluding hydrogens is 276 g/mol. The summed E-state index contributed by atoms with van der Waals surface area (Å²) in [7, 11) is 0. The lowest BCUT2D eigenvalue weighted by molar-refractivity contribution is -0.109. The molecule has 0 aliphatic heterocycles. The second-order valence-electron chi connectivity index (χ2n) is 5.02. The van der Waals surface area contributed by atoms with Crippen LogP contribution in [-0.2, 0) is 4.79 Å². The van der Waals surface area contributed by atoms with Gasteiger partial charge in [-0.05, 0) is 40.8 Å². The van der Waals surface area contributed by atoms with Gasteiger partial charge in [-0.15, -0.1) is 0 Å². The summed E-state index contributed by atoms with van der Waals surface area (Å²) in [6, 6.07) is 16.8. The zero-order chi connectivity index (χ0) is 14.7. The first-order valence-corrected chi connectivity index (χ1v) is 7.79. The lowest BCUT2D eigenvalue weighted by Crippen LogP contribution is -1.84. The zero-order valence-corrected chi connectivity index (χ0v) is 12.7. The number of benzene rings is 2. The summed E-state index contributed by atoms with van der Waals surface area (Å²) in [5.41, 5.74) is 5.03. The van der Waals surface area contributed by atoms with E-state index in [2.05, 4.69) is 54.6 Å². The Labute approximate surface area is 129 Å². The van der Waals surface area contributed by atoms with E-state index in [0.29, 0.717) is 0 Å². The van der Waals surface area contributed by atoms with E-state index in [9.17, 15) is 4.79 Å². The van der Waals surface area contributed by atoms with Crippen molar-refractivity contribution in [3.05, 3.63) is 72.3 Å². The first-order valence-electron chi connectivity index (χ1n) is 6.97. The lowest BCUT2D eigenvalue weighted by atomic mass is 10.00. The molecule has 0 radical (unpaired) electrons. The van der Waals surface area contributed by atoms with E-state index in [-0.39, 0.29) is 5.12 Å². The summed E-state index contributed by atoms with van der Waals surface area (Å²) in [6.07, 6.45) is 7.47. The van der Waals surface area contributed by atoms with E-state index < -0.39 is 0 Å². The van der Waals surface area contributed by atoms with Crippen LogP contribution >= 0.6 is 11.8 Å². The third kappa shape index (κ3) is 3.34. The molecule has 0 saturated heterocycles. The average molecular weight is 292 g/mol. The molecule has 0 spiro atoms. The molecule has 104 valence electrons. The topological polar surface area (TPSA) is 17.1 Å². The standard InChI is InChI=1S/C19H16OS/c1-14(20)21-19-12-10-18(11-13-19)17-8-6-16(7-9-17)15-4-2-3-5-15/h2-4,6-13H,5H2,1H3. The molecule has 2 aromatic rings. The minimum absolute atomic E-state index is 0.116. The van der Waals surface area contributed by atoms with Gasteiger partial charge in [0.05, 0.1) is 0 Å². The van der Waals surface area contributed by atoms with Gasteiger partial charge in [0.15, 0.2) is 5.12 Å². The van der Waals surface area contributed by atoms with E-state index in [1.807, 2.05) is 12.1 Å². The van der Waals surface area contributed by atoms with Crippen molar-refractivity contribution in [2.24, 2.45) is 0 Å². The van der Waals surface area contributed by atoms with Crippen molar-refractivity contribution in [3.63, 3.8) is 0 Å². The summed E-state index contributed by atoms with van der Waals surface area (Å²) in [5, 5.41) is 0.116. The van der Waals surface area contributed by atoms with Crippen LogP contribution < -0.4 is 0 Å². The number of carbonyl (C=O) groups is 1. The summed E-state index contributed by atoms with van der Waals surface area (Å²) in [4.78, 5) is 12.1. The molecular formula is C19H16OS. The second-order valence-corrected chi connectivity index (χ2v) is 6.27. The van der Waals surface area contributed by atoms with E-state index in [1.54, 1.807) is 6.92 Å². The fraction of sp³-hybridized carbons (Fsp3) is 0.105. The highest BCUT2D eigenvalue weighted by atomic mass is 32.2. The molecule has 0 heterocycles. The zero-order valence-electron chi connectivity index (χ0n) is 11.9. The molecule has 0 aromatic heterocycles. The average Bonchev–Trinajstić information content (AvgIpc) is 3.02. The maximum Gasteiger partial charge on any atom is 0.190 e. The molecule has 0 unspecified atom stereocenters. The minimum Gasteiger partial charge on any atom is -0.287 e. The molecule has 2 heteroatoms. The summed E-state index contributed by atoms with van der Waals surface area (Å²) in [5.74, 6) is 0. The van der Waals surface area contributed by atoms with Crippen LogP contribution in [0.25, 0.3) is 16.7 Å². The Hall–Kier alpha value is -2.06. The molecule has 0 atom stereocenters. The number of rotatable bonds is 3. The van der Waals surface area contributed by atoms with Crippen LogP contribution in [0.5, 0.6) is 0 Å². The molecule has 0 amide bonds. The van der Waals surface area contributed by atoms with E-state index in [1.165, 1.54) is 34.0 Å². The minimum atomic E-state index is 0.116. The van der Waals surface area contributed by atoms with Crippen molar-refractivity contribution in [1.29, 1.82) is 0 Å². The van der Waals surface area contributed by atoms with Crippen LogP contribution in [0.3, 0.4) is 0 Å². The molecule has 1 aliphatic rings. The van der Waals surface area contributed by atoms with Gasteiger partial charge in [0.1, 0.15) is 0 Å². The molecule has 3 rings (SSSR count). The van der Waals surface area contributed by atoms with E-state index >= 15 is 0 Å². The van der Waals surface area contributed by atoms with Crippen LogP contribution in [-0.4, -0.2) is 5.12 Å². The maximum atomic E-state index is 11.1. The van der Waals surface area contributed by atoms with Gasteiger partial charge in [0, 0.05) is 11.8 Å². The monoisotopic (exact) mass is 292 g/mol. The Balaban J connectivity index is 1.79. The molecule has 0 saturated carbocycles. The number of hydrogen-bond acceptors (Lipinski definition) is 2. The van der Waals surface area contributed by atoms with Crippen molar-refractivity contribution >= 4 is 22.5 Å². The Kier molecular flexibility index (Phi) is 4.07. The molecule has 0 N–H and O–H groups in total. The van der Waals surface area contributed by atoms with Crippen LogP contribution in [0.2, 0.25) is 0 Å². The molecule has 1 nitrogen and oxygen atoms in total. The Morgan fingerprint density at radius 1 is 0.905 bits per heavy atom. The predicted octanol–water partition coefficient (Wildman–Crippen LogP) is 5.34. The number of thioether (sulfide) groups is 1. The quantitative estimate of drug-likeness (QED) is 0.711. The first-order chi connectivity index (χ1) is 10.2. The van der Waals surface area contributed by atoms with Crippen LogP contribution in [0.4, 0.5) is 0 Å². The van der Waals surface area contributed by atoms with Gasteiger partial charge in [-0.1, -0.05) is 66.4 Å². The molecule has 0 bridgehead atoms. The highest BCUT2D eigenvalue weighted by molar-refractivity contribution is 8.13. The van der Waals surface area contributed by atoms with Gasteiger partial charge >= 0.3 is 0 Å². The van der Waals surface area contributed by atoms with Crippen molar-refractivity contribution < 1.29 is 4.79 Å². The number of hydrogen-bond donors (Lipinski definition) is 0. The van der Waals surface area contributed by atoms with Gasteiger partial charge < -0.3 is 0 Å². The Morgan fingerprint density at radius 3 is 2.00 bits per heavy atom. The summed E-state index contributed by atoms with van der Waals surface area (Å²) in [6.45, 7) is 1.59. The lowest BCUT2D eigenvalue weighted by Gasteiger charge is -2.06. The normalized spacial score (nSPS) is 13.3. The second kappa shape index (κ2) is 6.15. The molecule has 21 heavy (non-hydrogen) atoms. The van der Waals surface area contributed by atoms with Gasteiger partial charge in [0.2, 0.25) is 0 Å². The Morgan fingerprint density at radius 2 is 1.48 bits per heavy atom. The van der Waals surface area contributed by atoms with E-state index in [0.717, 1.165) is 11.3 Å². The summed E-state index contributed by atoms with van der Waals surface area (Å²) < 4.78 is 0. The molecule has 1 aliphatic carbocycles. The largest absolute Gasteiger partial charge is 0.287 e. The third-order valence-electron chi connectivity index (χ3n) is 3.48. The van der Waals surface area contributed by atoms with Crippen molar-refractivity contribution in [2.75, 3.05) is 0 Å². The van der Waals surface area contributed by atoms with Crippen molar-refractivity contribution in [1.82, 2.24) is 0 Å². The van der Waals surface area contributed by atoms with E-state index in [4.69, 9.17) is 0 Å². The smallest absolute Gasteiger partial charge is 0.190 e. The number of carbonyl (C=O) groups excluding carboxylic acids is 1. The van der Waals surface area contributed by atoms with Crippen LogP contribution in [0, 0.1) is 0 Å². The molecule has 2 aromatic carbocycles. The van der Waals surface area contributed by atoms with Crippen molar-refractivity contribution in [2.45, 2.75) is 18.2 Å². The van der Waals surface area contributed by atoms with Gasteiger partial charge in [0.25, 0.3) is 0 Å². The Bertz CT molecular complexity index is 706. The highest BCUT2D eigenvalue weighted by Crippen LogP contribution is 2.28. The van der Waals surface area contributed by atoms with Crippen molar-refractivity contribution in [3.8, 4) is 11.1 Å². The SMILES string of the molecule is CC(=O)Sc1ccc(-c2ccc(C3=CC=CC3)cc2)cc1. The van der Waals surface area contributed by atoms with Crippen LogP contribution in [0.15, 0.2) is 71.7 Å². The van der Waals surface area contributed by atoms with Crippen LogP contribution in [0.1, 0.15) is 18.9 Å². The number of allylic oxidation sites excluding steroid dienone is 4. The highest BCUT2D eigenvalue weighted by Gasteiger charge is 2.04. The van der Waals surface area contributed by atoms with Gasteiger partial charge in [-0.25, -0.2) is 0 Å². The van der Waals surface area contributed by atoms with Gasteiger partial charge in [-0.2, -0.15) is 0 Å². The maximum absolute atomic E-state index is 11.1. The van der Waals surface area contributed by atoms with Gasteiger partial charge in [-0.3, -0.25) is 4.79 Å².